The van der Waals surface area contributed by atoms with Crippen molar-refractivity contribution in [1.82, 2.24) is 39.2 Å². The molecule has 0 spiro atoms. The number of hydrogen-bond acceptors (Lipinski definition) is 6. The first kappa shape index (κ1) is 31.0. The maximum absolute atomic E-state index is 13.4. The molecule has 2 aliphatic rings. The molecule has 49 heavy (non-hydrogen) atoms. The van der Waals surface area contributed by atoms with Crippen LogP contribution in [0.3, 0.4) is 0 Å². The average molecular weight is 653 g/mol. The van der Waals surface area contributed by atoms with Crippen molar-refractivity contribution >= 4 is 33.6 Å². The molecule has 6 aromatic rings. The Bertz CT molecular complexity index is 2140. The van der Waals surface area contributed by atoms with Gasteiger partial charge in [0.1, 0.15) is 0 Å². The van der Waals surface area contributed by atoms with Crippen LogP contribution >= 0.6 is 0 Å². The van der Waals surface area contributed by atoms with Crippen LogP contribution in [0.25, 0.3) is 32.7 Å². The summed E-state index contributed by atoms with van der Waals surface area (Å²) in [5.41, 5.74) is 5.49. The molecule has 2 aromatic heterocycles. The van der Waals surface area contributed by atoms with E-state index in [4.69, 9.17) is 0 Å². The molecule has 0 aliphatic carbocycles. The van der Waals surface area contributed by atoms with Crippen molar-refractivity contribution < 1.29 is 9.59 Å². The van der Waals surface area contributed by atoms with Gasteiger partial charge in [0.15, 0.2) is 0 Å². The van der Waals surface area contributed by atoms with Crippen LogP contribution in [-0.2, 0) is 13.1 Å². The van der Waals surface area contributed by atoms with Crippen molar-refractivity contribution in [2.24, 2.45) is 0 Å². The van der Waals surface area contributed by atoms with Gasteiger partial charge in [0, 0.05) is 83.4 Å². The summed E-state index contributed by atoms with van der Waals surface area (Å²) in [4.78, 5) is 34.7. The Morgan fingerprint density at radius 1 is 0.551 bits per heavy atom. The molecule has 10 nitrogen and oxygen atoms in total. The first-order chi connectivity index (χ1) is 23.9. The standard InChI is InChI=1S/C39H40N8O2/c1-29-23-40-46(25-29)38(48)44-16-12-43(13-17-44)27-31-7-9-35-22-36(11-10-34(35)21-31)37-24-41-47(28-37)39(49)45-18-14-42(15-19-45)26-30-6-8-32-4-2-3-5-33(32)20-30/h2-11,20-25,28H,12-19,26-27H2,1H3. The Kier molecular flexibility index (Phi) is 8.40. The van der Waals surface area contributed by atoms with E-state index in [-0.39, 0.29) is 12.1 Å². The van der Waals surface area contributed by atoms with E-state index in [1.807, 2.05) is 22.9 Å². The number of hydrogen-bond donors (Lipinski definition) is 0. The predicted octanol–water partition coefficient (Wildman–Crippen LogP) is 5.93. The van der Waals surface area contributed by atoms with E-state index in [0.717, 1.165) is 61.3 Å². The number of carbonyl (C=O) groups is 2. The second kappa shape index (κ2) is 13.3. The first-order valence-electron chi connectivity index (χ1n) is 17.1. The van der Waals surface area contributed by atoms with Crippen LogP contribution in [-0.4, -0.2) is 104 Å². The third kappa shape index (κ3) is 6.70. The molecule has 2 aliphatic heterocycles. The summed E-state index contributed by atoms with van der Waals surface area (Å²) in [6.45, 7) is 9.72. The maximum Gasteiger partial charge on any atom is 0.344 e. The zero-order valence-corrected chi connectivity index (χ0v) is 27.8. The van der Waals surface area contributed by atoms with E-state index >= 15 is 0 Å². The topological polar surface area (TPSA) is 82.7 Å². The van der Waals surface area contributed by atoms with Gasteiger partial charge in [0.25, 0.3) is 0 Å². The molecule has 0 bridgehead atoms. The summed E-state index contributed by atoms with van der Waals surface area (Å²) in [6, 6.07) is 28.0. The van der Waals surface area contributed by atoms with Gasteiger partial charge in [-0.25, -0.2) is 9.59 Å². The molecule has 8 rings (SSSR count). The van der Waals surface area contributed by atoms with E-state index in [0.29, 0.717) is 26.2 Å². The molecule has 0 unspecified atom stereocenters. The van der Waals surface area contributed by atoms with Crippen LogP contribution in [0.15, 0.2) is 104 Å². The summed E-state index contributed by atoms with van der Waals surface area (Å²) in [6.07, 6.45) is 7.11. The number of rotatable bonds is 5. The number of fused-ring (bicyclic) bond motifs is 2. The lowest BCUT2D eigenvalue weighted by Crippen LogP contribution is -2.49. The summed E-state index contributed by atoms with van der Waals surface area (Å²) in [7, 11) is 0. The monoisotopic (exact) mass is 652 g/mol. The fourth-order valence-electron chi connectivity index (χ4n) is 7.00. The zero-order chi connectivity index (χ0) is 33.3. The lowest BCUT2D eigenvalue weighted by Gasteiger charge is -2.34. The van der Waals surface area contributed by atoms with Crippen molar-refractivity contribution in [2.45, 2.75) is 20.0 Å². The van der Waals surface area contributed by atoms with Gasteiger partial charge >= 0.3 is 12.1 Å². The summed E-state index contributed by atoms with van der Waals surface area (Å²) < 4.78 is 2.91. The van der Waals surface area contributed by atoms with Gasteiger partial charge < -0.3 is 9.80 Å². The number of carbonyl (C=O) groups excluding carboxylic acids is 2. The van der Waals surface area contributed by atoms with Gasteiger partial charge in [-0.1, -0.05) is 60.7 Å². The van der Waals surface area contributed by atoms with Crippen molar-refractivity contribution in [1.29, 1.82) is 0 Å². The normalized spacial score (nSPS) is 16.1. The van der Waals surface area contributed by atoms with Gasteiger partial charge in [-0.3, -0.25) is 9.80 Å². The Balaban J connectivity index is 0.850. The summed E-state index contributed by atoms with van der Waals surface area (Å²) in [5.74, 6) is 0. The third-order valence-corrected chi connectivity index (χ3v) is 9.84. The van der Waals surface area contributed by atoms with E-state index in [1.165, 1.54) is 36.6 Å². The zero-order valence-electron chi connectivity index (χ0n) is 27.8. The molecule has 4 aromatic carbocycles. The van der Waals surface area contributed by atoms with Crippen molar-refractivity contribution in [2.75, 3.05) is 52.4 Å². The Morgan fingerprint density at radius 3 is 1.67 bits per heavy atom. The van der Waals surface area contributed by atoms with Crippen molar-refractivity contribution in [3.05, 3.63) is 120 Å². The molecular weight excluding hydrogens is 612 g/mol. The Morgan fingerprint density at radius 2 is 1.06 bits per heavy atom. The molecule has 2 amide bonds. The van der Waals surface area contributed by atoms with Gasteiger partial charge in [0.2, 0.25) is 0 Å². The fraction of sp³-hybridized carbons (Fsp3) is 0.282. The Hall–Kier alpha value is -5.32. The third-order valence-electron chi connectivity index (χ3n) is 9.84. The molecule has 0 N–H and O–H groups in total. The van der Waals surface area contributed by atoms with E-state index in [1.54, 1.807) is 18.6 Å². The molecule has 0 saturated carbocycles. The first-order valence-corrected chi connectivity index (χ1v) is 17.1. The lowest BCUT2D eigenvalue weighted by molar-refractivity contribution is 0.134. The Labute approximate surface area is 285 Å². The number of aromatic nitrogens is 4. The second-order valence-electron chi connectivity index (χ2n) is 13.3. The highest BCUT2D eigenvalue weighted by atomic mass is 16.2. The number of nitrogens with zero attached hydrogens (tertiary/aromatic N) is 8. The van der Waals surface area contributed by atoms with E-state index < -0.39 is 0 Å². The predicted molar refractivity (Wildman–Crippen MR) is 191 cm³/mol. The highest BCUT2D eigenvalue weighted by Crippen LogP contribution is 2.26. The molecule has 0 radical (unpaired) electrons. The highest BCUT2D eigenvalue weighted by Gasteiger charge is 2.24. The number of benzene rings is 4. The number of amides is 2. The van der Waals surface area contributed by atoms with Crippen LogP contribution in [0.5, 0.6) is 0 Å². The quantitative estimate of drug-likeness (QED) is 0.230. The fourth-order valence-corrected chi connectivity index (χ4v) is 7.00. The lowest BCUT2D eigenvalue weighted by atomic mass is 10.0. The molecule has 2 fully saturated rings. The van der Waals surface area contributed by atoms with Crippen molar-refractivity contribution in [3.63, 3.8) is 0 Å². The van der Waals surface area contributed by atoms with Crippen molar-refractivity contribution in [3.8, 4) is 11.1 Å². The number of aryl methyl sites for hydroxylation is 1. The van der Waals surface area contributed by atoms with Crippen LogP contribution in [0.2, 0.25) is 0 Å². The van der Waals surface area contributed by atoms with E-state index in [2.05, 4.69) is 98.9 Å². The minimum Gasteiger partial charge on any atom is -0.320 e. The molecule has 4 heterocycles. The molecule has 2 saturated heterocycles. The van der Waals surface area contributed by atoms with Gasteiger partial charge in [-0.05, 0) is 68.9 Å². The van der Waals surface area contributed by atoms with Gasteiger partial charge in [-0.15, -0.1) is 0 Å². The maximum atomic E-state index is 13.4. The van der Waals surface area contributed by atoms with Crippen LogP contribution in [0.4, 0.5) is 9.59 Å². The number of piperazine rings is 2. The summed E-state index contributed by atoms with van der Waals surface area (Å²) >= 11 is 0. The highest BCUT2D eigenvalue weighted by molar-refractivity contribution is 5.88. The molecule has 0 atom stereocenters. The SMILES string of the molecule is Cc1cnn(C(=O)N2CCN(Cc3ccc4cc(-c5cnn(C(=O)N6CCN(Cc7ccc8ccccc8c7)CC6)c5)ccc4c3)CC2)c1. The van der Waals surface area contributed by atoms with Crippen LogP contribution in [0, 0.1) is 6.92 Å². The van der Waals surface area contributed by atoms with E-state index in [9.17, 15) is 9.59 Å². The van der Waals surface area contributed by atoms with Gasteiger partial charge in [-0.2, -0.15) is 19.6 Å². The summed E-state index contributed by atoms with van der Waals surface area (Å²) in [5, 5.41) is 13.5. The van der Waals surface area contributed by atoms with Gasteiger partial charge in [0.05, 0.1) is 12.4 Å². The van der Waals surface area contributed by atoms with Crippen LogP contribution < -0.4 is 0 Å². The minimum absolute atomic E-state index is 0.0596. The average Bonchev–Trinajstić information content (AvgIpc) is 3.81. The molecule has 248 valence electrons. The molecule has 10 heteroatoms. The molecular formula is C39H40N8O2. The minimum atomic E-state index is -0.0799. The largest absolute Gasteiger partial charge is 0.344 e. The second-order valence-corrected chi connectivity index (χ2v) is 13.3. The van der Waals surface area contributed by atoms with Crippen LogP contribution in [0.1, 0.15) is 16.7 Å². The smallest absolute Gasteiger partial charge is 0.320 e.